The van der Waals surface area contributed by atoms with Gasteiger partial charge in [-0.05, 0) is 151 Å². The molecule has 7 aromatic carbocycles. The summed E-state index contributed by atoms with van der Waals surface area (Å²) in [5.74, 6) is -14.5. The molecule has 0 saturated carbocycles. The lowest BCUT2D eigenvalue weighted by Crippen LogP contribution is -2.42. The Morgan fingerprint density at radius 1 is 0.382 bits per heavy atom. The van der Waals surface area contributed by atoms with E-state index in [0.29, 0.717) is 35.7 Å². The SMILES string of the molecule is CCOc1ccc(CCC(=O)O)cc1O.COc1cc(/C=C/C(=O)O)ccc1O.COc1cc(C(=O)O)ccc1O.O=C(O)/C=C/c1ccc(O)c(O)c1.O=C(O)/C=C/c1ccc(O)cc1.O=C(O)CC(O)(CC(=O)O)C(=O)O.O=C(O)c1cc(O)c(O)c(O)c1.O=C(O)c1cc(O)ccc1O. The molecule has 7 rings (SSSR count). The number of aromatic carboxylic acids is 3. The maximum Gasteiger partial charge on any atom is 0.339 e. The van der Waals surface area contributed by atoms with Crippen molar-refractivity contribution in [2.75, 3.05) is 20.8 Å². The molecule has 0 heterocycles. The topological polar surface area (TPSA) is 643 Å². The van der Waals surface area contributed by atoms with E-state index in [-0.39, 0.29) is 74.9 Å². The van der Waals surface area contributed by atoms with Gasteiger partial charge in [0.25, 0.3) is 0 Å². The van der Waals surface area contributed by atoms with Crippen LogP contribution in [0.1, 0.15) is 79.5 Å². The van der Waals surface area contributed by atoms with E-state index in [1.165, 1.54) is 99.2 Å². The average Bonchev–Trinajstić information content (AvgIpc) is 0.866. The second-order valence-electron chi connectivity index (χ2n) is 19.3. The van der Waals surface area contributed by atoms with Crippen molar-refractivity contribution in [1.29, 1.82) is 0 Å². The number of hydrogen-bond acceptors (Lipinski definition) is 25. The second-order valence-corrected chi connectivity index (χ2v) is 19.3. The standard InChI is InChI=1S/C11H14O4.C10H10O4.C9H8O4.C9H8O3.C8H8O4.C7H6O5.C7H6O4.C6H8O7/c1-2-15-10-5-3-8(7-9(10)12)4-6-11(13)14;1-14-9-6-7(2-4-8(9)11)3-5-10(12)13;10-7-3-1-6(5-8(7)11)2-4-9(12)13;10-8-4-1-7(2-5-8)3-6-9(11)12;1-12-7-4-5(8(10)11)2-3-6(7)9;8-4-1-3(7(11)12)2-5(9)6(4)10;8-4-1-2-6(9)5(3-4)7(10)11;7-3(8)1-6(13,5(11)12)2-4(9)10/h3,5,7,12H,2,4,6H2,1H3,(H,13,14);2-6,11H,1H3,(H,12,13);1-5,10-11H,(H,12,13);1-6,10H,(H,11,12);2-4,9H,1H3,(H,10,11);1-2,8-10H,(H,11,12);1-3,8-9H,(H,10,11);13H,1-2H2,(H,7,8)(H,9,10)(H,11,12)/b;5-3+;4-2+;6-3+;;;;. The fourth-order valence-corrected chi connectivity index (χ4v) is 6.73. The van der Waals surface area contributed by atoms with E-state index in [9.17, 15) is 58.2 Å². The van der Waals surface area contributed by atoms with Crippen LogP contribution in [-0.4, -0.2) is 198 Å². The van der Waals surface area contributed by atoms with E-state index in [0.717, 1.165) is 53.6 Å². The van der Waals surface area contributed by atoms with Gasteiger partial charge in [-0.3, -0.25) is 14.4 Å². The van der Waals surface area contributed by atoms with Gasteiger partial charge in [0, 0.05) is 24.6 Å². The van der Waals surface area contributed by atoms with E-state index < -0.39 is 95.4 Å². The minimum absolute atomic E-state index is 0.0278. The summed E-state index contributed by atoms with van der Waals surface area (Å²) in [5, 5.41) is 192. The minimum atomic E-state index is -2.74. The molecule has 7 aromatic rings. The summed E-state index contributed by atoms with van der Waals surface area (Å²) < 4.78 is 14.7. The number of rotatable bonds is 21. The Kier molecular flexibility index (Phi) is 38.1. The van der Waals surface area contributed by atoms with E-state index in [2.05, 4.69) is 0 Å². The molecule has 0 spiro atoms. The number of carboxylic acid groups (broad SMARTS) is 10. The Labute approximate surface area is 574 Å². The number of aliphatic hydroxyl groups is 1. The number of carboxylic acids is 10. The molecule has 0 aliphatic rings. The van der Waals surface area contributed by atoms with Gasteiger partial charge in [0.05, 0.1) is 44.8 Å². The molecule has 35 heteroatoms. The van der Waals surface area contributed by atoms with E-state index in [1.807, 2.05) is 6.92 Å². The van der Waals surface area contributed by atoms with Crippen LogP contribution in [0.25, 0.3) is 18.2 Å². The van der Waals surface area contributed by atoms with Crippen molar-refractivity contribution in [1.82, 2.24) is 0 Å². The highest BCUT2D eigenvalue weighted by molar-refractivity contribution is 5.92. The summed E-state index contributed by atoms with van der Waals surface area (Å²) in [6, 6.07) is 28.7. The number of methoxy groups -OCH3 is 2. The third kappa shape index (κ3) is 35.4. The van der Waals surface area contributed by atoms with Crippen LogP contribution in [-0.2, 0) is 40.0 Å². The molecule has 0 atom stereocenters. The summed E-state index contributed by atoms with van der Waals surface area (Å²) in [6.45, 7) is 2.32. The Bertz CT molecular complexity index is 4070. The molecule has 0 saturated heterocycles. The summed E-state index contributed by atoms with van der Waals surface area (Å²) in [5.41, 5.74) is -0.539. The average molecular weight is 1430 g/mol. The number of hydrogen-bond donors (Lipinski definition) is 22. The van der Waals surface area contributed by atoms with Crippen molar-refractivity contribution >= 4 is 77.9 Å². The monoisotopic (exact) mass is 1430 g/mol. The Hall–Kier alpha value is -14.4. The Morgan fingerprint density at radius 2 is 0.814 bits per heavy atom. The lowest BCUT2D eigenvalue weighted by molar-refractivity contribution is -0.170. The van der Waals surface area contributed by atoms with Crippen LogP contribution in [0.3, 0.4) is 0 Å². The minimum Gasteiger partial charge on any atom is -0.508 e. The van der Waals surface area contributed by atoms with Crippen LogP contribution in [0.15, 0.2) is 146 Å². The lowest BCUT2D eigenvalue weighted by Gasteiger charge is -2.18. The Morgan fingerprint density at radius 3 is 1.22 bits per heavy atom. The molecule has 0 unspecified atom stereocenters. The van der Waals surface area contributed by atoms with Gasteiger partial charge in [0.1, 0.15) is 22.8 Å². The summed E-state index contributed by atoms with van der Waals surface area (Å²) in [6.07, 6.45) is 5.41. The van der Waals surface area contributed by atoms with Gasteiger partial charge in [0.15, 0.2) is 68.8 Å². The fraction of sp³-hybridized carbons (Fsp3) is 0.134. The van der Waals surface area contributed by atoms with Crippen LogP contribution in [0.5, 0.6) is 80.5 Å². The van der Waals surface area contributed by atoms with Gasteiger partial charge in [-0.25, -0.2) is 33.6 Å². The maximum absolute atomic E-state index is 10.4. The number of aliphatic carboxylic acids is 7. The Balaban J connectivity index is 0.00000114. The van der Waals surface area contributed by atoms with Gasteiger partial charge in [0.2, 0.25) is 0 Å². The van der Waals surface area contributed by atoms with Gasteiger partial charge in [-0.2, -0.15) is 0 Å². The molecule has 35 nitrogen and oxygen atoms in total. The number of ether oxygens (including phenoxy) is 3. The van der Waals surface area contributed by atoms with Crippen molar-refractivity contribution in [2.24, 2.45) is 0 Å². The van der Waals surface area contributed by atoms with Crippen molar-refractivity contribution in [2.45, 2.75) is 38.2 Å². The predicted octanol–water partition coefficient (Wildman–Crippen LogP) is 7.14. The highest BCUT2D eigenvalue weighted by Crippen LogP contribution is 2.35. The first-order valence-corrected chi connectivity index (χ1v) is 27.9. The van der Waals surface area contributed by atoms with Crippen molar-refractivity contribution in [3.05, 3.63) is 185 Å². The number of carbonyl (C=O) groups is 10. The highest BCUT2D eigenvalue weighted by atomic mass is 16.5. The van der Waals surface area contributed by atoms with Crippen LogP contribution >= 0.6 is 0 Å². The van der Waals surface area contributed by atoms with E-state index in [4.69, 9.17) is 116 Å². The van der Waals surface area contributed by atoms with Crippen molar-refractivity contribution in [3.63, 3.8) is 0 Å². The lowest BCUT2D eigenvalue weighted by atomic mass is 9.96. The van der Waals surface area contributed by atoms with Gasteiger partial charge >= 0.3 is 59.7 Å². The largest absolute Gasteiger partial charge is 0.508 e. The molecule has 0 fully saturated rings. The van der Waals surface area contributed by atoms with Crippen molar-refractivity contribution in [3.8, 4) is 80.5 Å². The molecule has 0 aliphatic carbocycles. The second kappa shape index (κ2) is 44.4. The first kappa shape index (κ1) is 87.6. The number of benzene rings is 7. The molecule has 0 aliphatic heterocycles. The molecule has 0 aromatic heterocycles. The fourth-order valence-electron chi connectivity index (χ4n) is 6.73. The molecular formula is C67H68O35. The van der Waals surface area contributed by atoms with Crippen LogP contribution in [0, 0.1) is 0 Å². The summed E-state index contributed by atoms with van der Waals surface area (Å²) in [7, 11) is 2.79. The third-order valence-corrected chi connectivity index (χ3v) is 11.5. The quantitative estimate of drug-likeness (QED) is 0.0193. The summed E-state index contributed by atoms with van der Waals surface area (Å²) in [4.78, 5) is 102. The molecule has 0 bridgehead atoms. The van der Waals surface area contributed by atoms with Gasteiger partial charge in [-0.15, -0.1) is 0 Å². The zero-order chi connectivity index (χ0) is 78.1. The predicted molar refractivity (Wildman–Crippen MR) is 352 cm³/mol. The smallest absolute Gasteiger partial charge is 0.339 e. The normalized spacial score (nSPS) is 10.1. The van der Waals surface area contributed by atoms with Crippen LogP contribution < -0.4 is 14.2 Å². The molecular weight excluding hydrogens is 1360 g/mol. The number of phenolic OH excluding ortho intramolecular Hbond substituents is 10. The maximum atomic E-state index is 10.4. The zero-order valence-electron chi connectivity index (χ0n) is 53.3. The van der Waals surface area contributed by atoms with Crippen LogP contribution in [0.2, 0.25) is 0 Å². The molecule has 22 N–H and O–H groups in total. The number of aryl methyl sites for hydroxylation is 1. The molecule has 546 valence electrons. The van der Waals surface area contributed by atoms with Crippen LogP contribution in [0.4, 0.5) is 0 Å². The van der Waals surface area contributed by atoms with Gasteiger partial charge < -0.3 is 127 Å². The summed E-state index contributed by atoms with van der Waals surface area (Å²) >= 11 is 0. The highest BCUT2D eigenvalue weighted by Gasteiger charge is 2.40. The van der Waals surface area contributed by atoms with Gasteiger partial charge in [-0.1, -0.05) is 30.3 Å². The zero-order valence-corrected chi connectivity index (χ0v) is 53.3. The number of aromatic hydroxyl groups is 11. The van der Waals surface area contributed by atoms with E-state index in [1.54, 1.807) is 36.4 Å². The molecule has 102 heavy (non-hydrogen) atoms. The molecule has 0 amide bonds. The number of phenols is 11. The first-order valence-electron chi connectivity index (χ1n) is 27.9. The van der Waals surface area contributed by atoms with E-state index >= 15 is 0 Å². The molecule has 0 radical (unpaired) electrons. The van der Waals surface area contributed by atoms with Crippen molar-refractivity contribution < 1.29 is 174 Å². The first-order chi connectivity index (χ1) is 47.6. The third-order valence-electron chi connectivity index (χ3n) is 11.5.